The van der Waals surface area contributed by atoms with Gasteiger partial charge in [0.15, 0.2) is 0 Å². The molecule has 1 aromatic rings. The zero-order valence-electron chi connectivity index (χ0n) is 17.0. The highest BCUT2D eigenvalue weighted by molar-refractivity contribution is 6.62. The van der Waals surface area contributed by atoms with Gasteiger partial charge < -0.3 is 14.2 Å². The second-order valence-electron chi connectivity index (χ2n) is 8.90. The molecule has 3 rings (SSSR count). The van der Waals surface area contributed by atoms with Crippen LogP contribution in [0.15, 0.2) is 18.2 Å². The molecule has 2 aliphatic heterocycles. The van der Waals surface area contributed by atoms with E-state index in [0.717, 1.165) is 24.1 Å². The number of rotatable bonds is 4. The maximum atomic E-state index is 14.0. The van der Waals surface area contributed by atoms with Crippen LogP contribution in [0.25, 0.3) is 0 Å². The number of hydrogen-bond acceptors (Lipinski definition) is 4. The second kappa shape index (κ2) is 7.23. The van der Waals surface area contributed by atoms with E-state index >= 15 is 0 Å². The van der Waals surface area contributed by atoms with Gasteiger partial charge in [-0.15, -0.1) is 0 Å². The summed E-state index contributed by atoms with van der Waals surface area (Å²) in [6.45, 7) is 11.1. The van der Waals surface area contributed by atoms with E-state index in [4.69, 9.17) is 9.31 Å². The lowest BCUT2D eigenvalue weighted by atomic mass is 9.75. The van der Waals surface area contributed by atoms with E-state index in [-0.39, 0.29) is 5.82 Å². The first-order valence-corrected chi connectivity index (χ1v) is 9.62. The molecule has 0 spiro atoms. The number of likely N-dealkylation sites (N-methyl/N-ethyl adjacent to an activating group) is 2. The summed E-state index contributed by atoms with van der Waals surface area (Å²) < 4.78 is 26.3. The van der Waals surface area contributed by atoms with Crippen LogP contribution in [0.5, 0.6) is 0 Å². The van der Waals surface area contributed by atoms with Gasteiger partial charge in [-0.05, 0) is 84.3 Å². The smallest absolute Gasteiger partial charge is 0.399 e. The van der Waals surface area contributed by atoms with Crippen molar-refractivity contribution < 1.29 is 13.7 Å². The molecule has 1 aromatic carbocycles. The standard InChI is InChI=1S/C20H32BFN2O2/c1-19(2)20(3,4)26-21(25-19)18-12-16(22)10-9-15(18)13-24(6)17-8-7-11-23(5)14-17/h9-10,12,17H,7-8,11,13-14H2,1-6H3. The fourth-order valence-corrected chi connectivity index (χ4v) is 3.80. The molecule has 2 fully saturated rings. The van der Waals surface area contributed by atoms with E-state index in [1.165, 1.54) is 25.5 Å². The van der Waals surface area contributed by atoms with Crippen molar-refractivity contribution in [2.24, 2.45) is 0 Å². The fourth-order valence-electron chi connectivity index (χ4n) is 3.80. The van der Waals surface area contributed by atoms with Crippen LogP contribution in [0.2, 0.25) is 0 Å². The highest BCUT2D eigenvalue weighted by Gasteiger charge is 2.52. The van der Waals surface area contributed by atoms with Crippen molar-refractivity contribution in [3.05, 3.63) is 29.6 Å². The summed E-state index contributed by atoms with van der Waals surface area (Å²) in [6.07, 6.45) is 2.42. The van der Waals surface area contributed by atoms with Crippen LogP contribution >= 0.6 is 0 Å². The molecular formula is C20H32BFN2O2. The Kier molecular flexibility index (Phi) is 5.51. The monoisotopic (exact) mass is 362 g/mol. The van der Waals surface area contributed by atoms with E-state index < -0.39 is 18.3 Å². The molecule has 6 heteroatoms. The van der Waals surface area contributed by atoms with Gasteiger partial charge in [-0.2, -0.15) is 0 Å². The van der Waals surface area contributed by atoms with Crippen LogP contribution < -0.4 is 5.46 Å². The van der Waals surface area contributed by atoms with E-state index in [0.29, 0.717) is 6.04 Å². The Morgan fingerprint density at radius 3 is 2.50 bits per heavy atom. The Balaban J connectivity index is 1.81. The third-order valence-electron chi connectivity index (χ3n) is 6.26. The van der Waals surface area contributed by atoms with Crippen molar-refractivity contribution >= 4 is 12.6 Å². The van der Waals surface area contributed by atoms with E-state index in [1.807, 2.05) is 33.8 Å². The van der Waals surface area contributed by atoms with Crippen molar-refractivity contribution in [2.75, 3.05) is 27.2 Å². The number of piperidine rings is 1. The average Bonchev–Trinajstić information content (AvgIpc) is 2.77. The predicted molar refractivity (Wildman–Crippen MR) is 104 cm³/mol. The molecule has 2 heterocycles. The highest BCUT2D eigenvalue weighted by Crippen LogP contribution is 2.36. The lowest BCUT2D eigenvalue weighted by Gasteiger charge is -2.36. The number of halogens is 1. The average molecular weight is 362 g/mol. The summed E-state index contributed by atoms with van der Waals surface area (Å²) in [7, 11) is 3.79. The first kappa shape index (κ1) is 19.8. The number of nitrogens with zero attached hydrogens (tertiary/aromatic N) is 2. The summed E-state index contributed by atoms with van der Waals surface area (Å²) in [5, 5.41) is 0. The summed E-state index contributed by atoms with van der Waals surface area (Å²) in [5.41, 5.74) is 1.01. The van der Waals surface area contributed by atoms with E-state index in [2.05, 4.69) is 23.9 Å². The molecule has 1 unspecified atom stereocenters. The van der Waals surface area contributed by atoms with Gasteiger partial charge in [0.25, 0.3) is 0 Å². The van der Waals surface area contributed by atoms with Crippen LogP contribution in [-0.4, -0.2) is 61.3 Å². The number of likely N-dealkylation sites (tertiary alicyclic amines) is 1. The highest BCUT2D eigenvalue weighted by atomic mass is 19.1. The van der Waals surface area contributed by atoms with Gasteiger partial charge in [0.05, 0.1) is 11.2 Å². The molecule has 0 aliphatic carbocycles. The molecule has 2 aliphatic rings. The summed E-state index contributed by atoms with van der Waals surface area (Å²) in [4.78, 5) is 4.75. The van der Waals surface area contributed by atoms with Crippen molar-refractivity contribution in [3.8, 4) is 0 Å². The Bertz CT molecular complexity index is 637. The van der Waals surface area contributed by atoms with Gasteiger partial charge in [-0.25, -0.2) is 4.39 Å². The predicted octanol–water partition coefficient (Wildman–Crippen LogP) is 2.65. The van der Waals surface area contributed by atoms with E-state index in [9.17, 15) is 4.39 Å². The zero-order chi connectivity index (χ0) is 19.1. The summed E-state index contributed by atoms with van der Waals surface area (Å²) in [6, 6.07) is 5.49. The molecule has 0 bridgehead atoms. The van der Waals surface area contributed by atoms with Gasteiger partial charge in [0, 0.05) is 19.1 Å². The minimum absolute atomic E-state index is 0.251. The van der Waals surface area contributed by atoms with Crippen LogP contribution in [0.4, 0.5) is 4.39 Å². The molecular weight excluding hydrogens is 330 g/mol. The largest absolute Gasteiger partial charge is 0.495 e. The minimum Gasteiger partial charge on any atom is -0.399 e. The fraction of sp³-hybridized carbons (Fsp3) is 0.700. The quantitative estimate of drug-likeness (QED) is 0.769. The van der Waals surface area contributed by atoms with Crippen molar-refractivity contribution in [1.29, 1.82) is 0 Å². The number of benzene rings is 1. The number of hydrogen-bond donors (Lipinski definition) is 0. The lowest BCUT2D eigenvalue weighted by Crippen LogP contribution is -2.46. The second-order valence-corrected chi connectivity index (χ2v) is 8.90. The minimum atomic E-state index is -0.534. The van der Waals surface area contributed by atoms with Gasteiger partial charge in [-0.3, -0.25) is 4.90 Å². The summed E-state index contributed by atoms with van der Waals surface area (Å²) >= 11 is 0. The Morgan fingerprint density at radius 1 is 1.23 bits per heavy atom. The van der Waals surface area contributed by atoms with Crippen LogP contribution in [0, 0.1) is 5.82 Å². The SMILES string of the molecule is CN1CCCC(N(C)Cc2ccc(F)cc2B2OC(C)(C)C(C)(C)O2)C1. The first-order chi connectivity index (χ1) is 12.1. The van der Waals surface area contributed by atoms with Crippen LogP contribution in [-0.2, 0) is 15.9 Å². The topological polar surface area (TPSA) is 24.9 Å². The lowest BCUT2D eigenvalue weighted by molar-refractivity contribution is 0.00578. The Labute approximate surface area is 157 Å². The van der Waals surface area contributed by atoms with Crippen LogP contribution in [0.1, 0.15) is 46.1 Å². The normalized spacial score (nSPS) is 25.8. The maximum Gasteiger partial charge on any atom is 0.495 e. The molecule has 0 saturated carbocycles. The van der Waals surface area contributed by atoms with E-state index in [1.54, 1.807) is 6.07 Å². The van der Waals surface area contributed by atoms with Crippen molar-refractivity contribution in [1.82, 2.24) is 9.80 Å². The van der Waals surface area contributed by atoms with Gasteiger partial charge in [0.1, 0.15) is 5.82 Å². The molecule has 26 heavy (non-hydrogen) atoms. The molecule has 0 N–H and O–H groups in total. The third kappa shape index (κ3) is 3.98. The van der Waals surface area contributed by atoms with Crippen molar-refractivity contribution in [2.45, 2.75) is 64.3 Å². The molecule has 0 radical (unpaired) electrons. The molecule has 2 saturated heterocycles. The van der Waals surface area contributed by atoms with Gasteiger partial charge in [0.2, 0.25) is 0 Å². The zero-order valence-corrected chi connectivity index (χ0v) is 17.0. The van der Waals surface area contributed by atoms with Crippen LogP contribution in [0.3, 0.4) is 0 Å². The summed E-state index contributed by atoms with van der Waals surface area (Å²) in [5.74, 6) is -0.251. The molecule has 0 aromatic heterocycles. The van der Waals surface area contributed by atoms with Crippen molar-refractivity contribution in [3.63, 3.8) is 0 Å². The molecule has 0 amide bonds. The Hall–Kier alpha value is -0.945. The third-order valence-corrected chi connectivity index (χ3v) is 6.26. The molecule has 4 nitrogen and oxygen atoms in total. The first-order valence-electron chi connectivity index (χ1n) is 9.62. The van der Waals surface area contributed by atoms with Gasteiger partial charge >= 0.3 is 7.12 Å². The maximum absolute atomic E-state index is 14.0. The molecule has 1 atom stereocenters. The van der Waals surface area contributed by atoms with Gasteiger partial charge in [-0.1, -0.05) is 6.07 Å². The molecule has 144 valence electrons. The Morgan fingerprint density at radius 2 is 1.88 bits per heavy atom.